The van der Waals surface area contributed by atoms with Crippen LogP contribution in [0.5, 0.6) is 0 Å². The van der Waals surface area contributed by atoms with Crippen molar-refractivity contribution in [3.63, 3.8) is 0 Å². The maximum atomic E-state index is 12.1. The molecule has 2 rings (SSSR count). The summed E-state index contributed by atoms with van der Waals surface area (Å²) in [5, 5.41) is 5.70. The van der Waals surface area contributed by atoms with Gasteiger partial charge in [-0.2, -0.15) is 0 Å². The second-order valence-electron chi connectivity index (χ2n) is 4.91. The average Bonchev–Trinajstić information content (AvgIpc) is 2.85. The Labute approximate surface area is 128 Å². The van der Waals surface area contributed by atoms with Crippen molar-refractivity contribution in [3.8, 4) is 0 Å². The van der Waals surface area contributed by atoms with Gasteiger partial charge >= 0.3 is 0 Å². The van der Waals surface area contributed by atoms with E-state index in [0.717, 1.165) is 16.1 Å². The van der Waals surface area contributed by atoms with Gasteiger partial charge in [0, 0.05) is 17.5 Å². The predicted molar refractivity (Wildman–Crippen MR) is 85.7 cm³/mol. The van der Waals surface area contributed by atoms with Gasteiger partial charge in [0.1, 0.15) is 0 Å². The second-order valence-corrected chi connectivity index (χ2v) is 6.20. The van der Waals surface area contributed by atoms with Crippen LogP contribution < -0.4 is 10.6 Å². The molecule has 2 amide bonds. The van der Waals surface area contributed by atoms with E-state index in [1.807, 2.05) is 50.2 Å². The highest BCUT2D eigenvalue weighted by atomic mass is 32.1. The van der Waals surface area contributed by atoms with Crippen molar-refractivity contribution >= 4 is 28.8 Å². The molecule has 4 nitrogen and oxygen atoms in total. The fourth-order valence-electron chi connectivity index (χ4n) is 2.00. The highest BCUT2D eigenvalue weighted by Crippen LogP contribution is 2.20. The molecule has 0 saturated carbocycles. The smallest absolute Gasteiger partial charge is 0.261 e. The number of carbonyl (C=O) groups is 2. The largest absolute Gasteiger partial charge is 0.345 e. The van der Waals surface area contributed by atoms with E-state index in [9.17, 15) is 9.59 Å². The lowest BCUT2D eigenvalue weighted by Crippen LogP contribution is -2.25. The van der Waals surface area contributed by atoms with E-state index in [1.54, 1.807) is 0 Å². The number of carbonyl (C=O) groups excluding carboxylic acids is 2. The SMILES string of the molecule is CC(=O)Nc1cccc(C(C)NC(=O)c2ccc(C)s2)c1. The van der Waals surface area contributed by atoms with Crippen LogP contribution in [0.2, 0.25) is 0 Å². The Morgan fingerprint density at radius 3 is 2.57 bits per heavy atom. The molecule has 0 aliphatic heterocycles. The minimum atomic E-state index is -0.131. The van der Waals surface area contributed by atoms with Gasteiger partial charge in [0.2, 0.25) is 5.91 Å². The number of nitrogens with one attached hydrogen (secondary N) is 2. The fraction of sp³-hybridized carbons (Fsp3) is 0.250. The fourth-order valence-corrected chi connectivity index (χ4v) is 2.77. The number of amides is 2. The summed E-state index contributed by atoms with van der Waals surface area (Å²) in [5.41, 5.74) is 1.68. The summed E-state index contributed by atoms with van der Waals surface area (Å²) in [6, 6.07) is 11.1. The van der Waals surface area contributed by atoms with Crippen molar-refractivity contribution < 1.29 is 9.59 Å². The Morgan fingerprint density at radius 2 is 1.95 bits per heavy atom. The van der Waals surface area contributed by atoms with Crippen LogP contribution in [0.25, 0.3) is 0 Å². The molecule has 2 aromatic rings. The molecule has 0 aliphatic carbocycles. The zero-order valence-electron chi connectivity index (χ0n) is 12.3. The molecule has 0 aliphatic rings. The van der Waals surface area contributed by atoms with Crippen molar-refractivity contribution in [1.29, 1.82) is 0 Å². The van der Waals surface area contributed by atoms with Crippen LogP contribution in [0.3, 0.4) is 0 Å². The van der Waals surface area contributed by atoms with Gasteiger partial charge in [-0.25, -0.2) is 0 Å². The molecule has 0 radical (unpaired) electrons. The third-order valence-electron chi connectivity index (χ3n) is 3.02. The molecule has 0 spiro atoms. The van der Waals surface area contributed by atoms with Gasteiger partial charge < -0.3 is 10.6 Å². The first-order valence-electron chi connectivity index (χ1n) is 6.70. The Balaban J connectivity index is 2.07. The van der Waals surface area contributed by atoms with Crippen LogP contribution >= 0.6 is 11.3 Å². The van der Waals surface area contributed by atoms with Crippen LogP contribution in [0.1, 0.15) is 40.0 Å². The van der Waals surface area contributed by atoms with Crippen LogP contribution in [-0.2, 0) is 4.79 Å². The normalized spacial score (nSPS) is 11.8. The molecule has 1 aromatic heterocycles. The number of thiophene rings is 1. The van der Waals surface area contributed by atoms with Crippen molar-refractivity contribution in [2.24, 2.45) is 0 Å². The standard InChI is InChI=1S/C16H18N2O2S/c1-10-7-8-15(21-10)16(20)17-11(2)13-5-4-6-14(9-13)18-12(3)19/h4-9,11H,1-3H3,(H,17,20)(H,18,19). The molecule has 0 bridgehead atoms. The van der Waals surface area contributed by atoms with E-state index in [-0.39, 0.29) is 17.9 Å². The number of aryl methyl sites for hydroxylation is 1. The maximum Gasteiger partial charge on any atom is 0.261 e. The number of hydrogen-bond acceptors (Lipinski definition) is 3. The van der Waals surface area contributed by atoms with E-state index >= 15 is 0 Å². The molecular formula is C16H18N2O2S. The Hall–Kier alpha value is -2.14. The zero-order chi connectivity index (χ0) is 15.4. The van der Waals surface area contributed by atoms with Gasteiger partial charge in [0.15, 0.2) is 0 Å². The van der Waals surface area contributed by atoms with Gasteiger partial charge in [-0.05, 0) is 43.7 Å². The average molecular weight is 302 g/mol. The van der Waals surface area contributed by atoms with Gasteiger partial charge in [-0.15, -0.1) is 11.3 Å². The summed E-state index contributed by atoms with van der Waals surface area (Å²) in [6.07, 6.45) is 0. The first-order valence-corrected chi connectivity index (χ1v) is 7.52. The third-order valence-corrected chi connectivity index (χ3v) is 4.02. The molecule has 0 fully saturated rings. The summed E-state index contributed by atoms with van der Waals surface area (Å²) in [6.45, 7) is 5.37. The maximum absolute atomic E-state index is 12.1. The number of hydrogen-bond donors (Lipinski definition) is 2. The lowest BCUT2D eigenvalue weighted by atomic mass is 10.1. The van der Waals surface area contributed by atoms with Gasteiger partial charge in [0.05, 0.1) is 10.9 Å². The second kappa shape index (κ2) is 6.54. The molecular weight excluding hydrogens is 284 g/mol. The van der Waals surface area contributed by atoms with Crippen molar-refractivity contribution in [2.75, 3.05) is 5.32 Å². The van der Waals surface area contributed by atoms with Gasteiger partial charge in [-0.3, -0.25) is 9.59 Å². The van der Waals surface area contributed by atoms with E-state index in [2.05, 4.69) is 10.6 Å². The minimum absolute atomic E-state index is 0.0782. The highest BCUT2D eigenvalue weighted by molar-refractivity contribution is 7.13. The summed E-state index contributed by atoms with van der Waals surface area (Å²) in [5.74, 6) is -0.191. The predicted octanol–water partition coefficient (Wildman–Crippen LogP) is 3.51. The Kier molecular flexibility index (Phi) is 4.75. The highest BCUT2D eigenvalue weighted by Gasteiger charge is 2.13. The van der Waals surface area contributed by atoms with Crippen molar-refractivity contribution in [2.45, 2.75) is 26.8 Å². The monoisotopic (exact) mass is 302 g/mol. The number of anilines is 1. The molecule has 1 aromatic carbocycles. The number of rotatable bonds is 4. The first kappa shape index (κ1) is 15.3. The molecule has 0 saturated heterocycles. The molecule has 1 atom stereocenters. The van der Waals surface area contributed by atoms with E-state index in [0.29, 0.717) is 4.88 Å². The molecule has 1 unspecified atom stereocenters. The first-order chi connectivity index (χ1) is 9.95. The third kappa shape index (κ3) is 4.16. The Morgan fingerprint density at radius 1 is 1.19 bits per heavy atom. The summed E-state index contributed by atoms with van der Waals surface area (Å²) >= 11 is 1.48. The van der Waals surface area contributed by atoms with Crippen molar-refractivity contribution in [1.82, 2.24) is 5.32 Å². The van der Waals surface area contributed by atoms with Gasteiger partial charge in [0.25, 0.3) is 5.91 Å². The van der Waals surface area contributed by atoms with Crippen LogP contribution in [0.15, 0.2) is 36.4 Å². The lowest BCUT2D eigenvalue weighted by molar-refractivity contribution is -0.114. The van der Waals surface area contributed by atoms with Crippen molar-refractivity contribution in [3.05, 3.63) is 51.7 Å². The van der Waals surface area contributed by atoms with Crippen LogP contribution in [-0.4, -0.2) is 11.8 Å². The Bertz CT molecular complexity index is 664. The molecule has 110 valence electrons. The quantitative estimate of drug-likeness (QED) is 0.908. The molecule has 1 heterocycles. The molecule has 21 heavy (non-hydrogen) atoms. The zero-order valence-corrected chi connectivity index (χ0v) is 13.1. The van der Waals surface area contributed by atoms with E-state index in [4.69, 9.17) is 0 Å². The topological polar surface area (TPSA) is 58.2 Å². The van der Waals surface area contributed by atoms with E-state index in [1.165, 1.54) is 18.3 Å². The molecule has 5 heteroatoms. The van der Waals surface area contributed by atoms with Crippen LogP contribution in [0.4, 0.5) is 5.69 Å². The number of benzene rings is 1. The van der Waals surface area contributed by atoms with Crippen LogP contribution in [0, 0.1) is 6.92 Å². The summed E-state index contributed by atoms with van der Waals surface area (Å²) in [4.78, 5) is 25.0. The molecule has 2 N–H and O–H groups in total. The minimum Gasteiger partial charge on any atom is -0.345 e. The summed E-state index contributed by atoms with van der Waals surface area (Å²) in [7, 11) is 0. The summed E-state index contributed by atoms with van der Waals surface area (Å²) < 4.78 is 0. The van der Waals surface area contributed by atoms with Gasteiger partial charge in [-0.1, -0.05) is 12.1 Å². The van der Waals surface area contributed by atoms with E-state index < -0.39 is 0 Å². The lowest BCUT2D eigenvalue weighted by Gasteiger charge is -2.15.